The zero-order valence-electron chi connectivity index (χ0n) is 8.08. The lowest BCUT2D eigenvalue weighted by Gasteiger charge is -2.08. The minimum absolute atomic E-state index is 0.0448. The zero-order chi connectivity index (χ0) is 12.2. The zero-order valence-corrected chi connectivity index (χ0v) is 11.8. The molecule has 1 aromatic rings. The molecule has 16 heavy (non-hydrogen) atoms. The average Bonchev–Trinajstić information content (AvgIpc) is 2.22. The summed E-state index contributed by atoms with van der Waals surface area (Å²) in [6, 6.07) is 1.66. The predicted molar refractivity (Wildman–Crippen MR) is 70.0 cm³/mol. The van der Waals surface area contributed by atoms with E-state index >= 15 is 0 Å². The second-order valence-electron chi connectivity index (χ2n) is 2.92. The molecule has 0 atom stereocenters. The summed E-state index contributed by atoms with van der Waals surface area (Å²) in [5.74, 6) is -0.208. The van der Waals surface area contributed by atoms with Crippen molar-refractivity contribution < 1.29 is 12.8 Å². The van der Waals surface area contributed by atoms with Gasteiger partial charge in [-0.15, -0.1) is 0 Å². The van der Waals surface area contributed by atoms with Crippen molar-refractivity contribution >= 4 is 50.0 Å². The van der Waals surface area contributed by atoms with E-state index in [1.807, 2.05) is 22.6 Å². The average molecular weight is 379 g/mol. The summed E-state index contributed by atoms with van der Waals surface area (Å²) in [6.07, 6.45) is 1.40. The maximum atomic E-state index is 11.9. The number of hydrogen-bond acceptors (Lipinski definition) is 3. The first-order chi connectivity index (χ1) is 7.46. The third-order valence-electron chi connectivity index (χ3n) is 1.64. The summed E-state index contributed by atoms with van der Waals surface area (Å²) in [5, 5.41) is 0.243. The van der Waals surface area contributed by atoms with Gasteiger partial charge in [0, 0.05) is 9.77 Å². The lowest BCUT2D eigenvalue weighted by Crippen LogP contribution is -2.18. The van der Waals surface area contributed by atoms with Crippen LogP contribution in [0.15, 0.2) is 12.3 Å². The van der Waals surface area contributed by atoms with Crippen molar-refractivity contribution in [2.75, 3.05) is 17.1 Å². The lowest BCUT2D eigenvalue weighted by molar-refractivity contribution is 0.484. The van der Waals surface area contributed by atoms with Crippen molar-refractivity contribution in [2.24, 2.45) is 0 Å². The molecule has 8 heteroatoms. The molecule has 0 radical (unpaired) electrons. The number of hydrogen-bond donors (Lipinski definition) is 1. The highest BCUT2D eigenvalue weighted by molar-refractivity contribution is 14.1. The predicted octanol–water partition coefficient (Wildman–Crippen LogP) is 2.44. The van der Waals surface area contributed by atoms with Crippen LogP contribution in [0.25, 0.3) is 0 Å². The van der Waals surface area contributed by atoms with Gasteiger partial charge in [-0.05, 0) is 35.1 Å². The van der Waals surface area contributed by atoms with Crippen LogP contribution in [-0.4, -0.2) is 25.8 Å². The number of anilines is 1. The van der Waals surface area contributed by atoms with Crippen molar-refractivity contribution in [3.8, 4) is 0 Å². The largest absolute Gasteiger partial charge is 0.266 e. The van der Waals surface area contributed by atoms with Gasteiger partial charge in [0.2, 0.25) is 10.0 Å². The molecule has 0 aromatic carbocycles. The quantitative estimate of drug-likeness (QED) is 0.801. The molecule has 1 rings (SSSR count). The minimum atomic E-state index is -3.58. The van der Waals surface area contributed by atoms with Gasteiger partial charge >= 0.3 is 0 Å². The number of nitrogens with zero attached hydrogens (tertiary/aromatic N) is 1. The molecule has 1 aromatic heterocycles. The highest BCUT2D eigenvalue weighted by Gasteiger charge is 2.14. The van der Waals surface area contributed by atoms with Crippen LogP contribution < -0.4 is 4.72 Å². The third-order valence-corrected chi connectivity index (χ3v) is 4.57. The van der Waals surface area contributed by atoms with Crippen LogP contribution in [0.4, 0.5) is 10.2 Å². The minimum Gasteiger partial charge on any atom is -0.266 e. The number of alkyl halides is 1. The Morgan fingerprint density at radius 3 is 2.88 bits per heavy atom. The Morgan fingerprint density at radius 2 is 2.25 bits per heavy atom. The van der Waals surface area contributed by atoms with E-state index in [9.17, 15) is 12.8 Å². The second kappa shape index (κ2) is 5.97. The molecule has 0 aliphatic heterocycles. The van der Waals surface area contributed by atoms with Gasteiger partial charge in [0.05, 0.1) is 17.5 Å². The van der Waals surface area contributed by atoms with Gasteiger partial charge in [0.15, 0.2) is 5.82 Å². The first-order valence-corrected chi connectivity index (χ1v) is 7.43. The standard InChI is InChI=1S/C8H9ClFIN2O2S/c9-7-6(11)2-4-12-8(7)13-16(14,15)5-1-3-10/h2,4H,1,3,5H2,(H,12,13). The fourth-order valence-corrected chi connectivity index (χ4v) is 2.61. The van der Waals surface area contributed by atoms with Crippen LogP contribution in [-0.2, 0) is 10.0 Å². The molecule has 0 saturated carbocycles. The summed E-state index contributed by atoms with van der Waals surface area (Å²) < 4.78 is 37.7. The van der Waals surface area contributed by atoms with Crippen LogP contribution in [0.5, 0.6) is 0 Å². The fraction of sp³-hybridized carbons (Fsp3) is 0.375. The Kier molecular flexibility index (Phi) is 5.19. The summed E-state index contributed by atoms with van der Waals surface area (Å²) >= 11 is 7.83. The Hall–Kier alpha value is -0.150. The molecule has 0 spiro atoms. The number of rotatable bonds is 5. The molecule has 0 unspecified atom stereocenters. The number of aromatic nitrogens is 1. The second-order valence-corrected chi connectivity index (χ2v) is 6.30. The molecular weight excluding hydrogens is 370 g/mol. The smallest absolute Gasteiger partial charge is 0.234 e. The van der Waals surface area contributed by atoms with Crippen molar-refractivity contribution in [1.82, 2.24) is 4.98 Å². The van der Waals surface area contributed by atoms with Gasteiger partial charge in [-0.1, -0.05) is 11.6 Å². The molecule has 0 aliphatic carbocycles. The molecule has 0 amide bonds. The first kappa shape index (κ1) is 13.9. The van der Waals surface area contributed by atoms with Gasteiger partial charge in [-0.25, -0.2) is 13.4 Å². The van der Waals surface area contributed by atoms with Crippen molar-refractivity contribution in [3.63, 3.8) is 0 Å². The molecule has 0 saturated heterocycles. The van der Waals surface area contributed by atoms with Crippen LogP contribution in [0.2, 0.25) is 5.02 Å². The highest BCUT2D eigenvalue weighted by Crippen LogP contribution is 2.25. The van der Waals surface area contributed by atoms with Crippen LogP contribution >= 0.6 is 34.2 Å². The molecule has 1 N–H and O–H groups in total. The van der Waals surface area contributed by atoms with Gasteiger partial charge in [0.25, 0.3) is 0 Å². The maximum Gasteiger partial charge on any atom is 0.234 e. The Bertz CT molecular complexity index is 469. The van der Waals surface area contributed by atoms with Crippen molar-refractivity contribution in [1.29, 1.82) is 0 Å². The van der Waals surface area contributed by atoms with Gasteiger partial charge in [-0.3, -0.25) is 9.11 Å². The van der Waals surface area contributed by atoms with Gasteiger partial charge in [-0.2, -0.15) is 0 Å². The normalized spacial score (nSPS) is 11.4. The number of halogens is 3. The van der Waals surface area contributed by atoms with E-state index in [2.05, 4.69) is 9.71 Å². The van der Waals surface area contributed by atoms with E-state index in [4.69, 9.17) is 11.6 Å². The maximum absolute atomic E-state index is 11.9. The Labute approximate surface area is 112 Å². The molecular formula is C8H9ClFIN2O2S. The fourth-order valence-electron chi connectivity index (χ4n) is 0.934. The Balaban J connectivity index is 2.84. The highest BCUT2D eigenvalue weighted by atomic mass is 127. The molecule has 90 valence electrons. The topological polar surface area (TPSA) is 59.1 Å². The van der Waals surface area contributed by atoms with Crippen molar-refractivity contribution in [2.45, 2.75) is 6.42 Å². The van der Waals surface area contributed by atoms with Crippen LogP contribution in [0.1, 0.15) is 6.42 Å². The van der Waals surface area contributed by atoms with Crippen LogP contribution in [0, 0.1) is 3.57 Å². The van der Waals surface area contributed by atoms with E-state index < -0.39 is 16.7 Å². The molecule has 0 fully saturated rings. The van der Waals surface area contributed by atoms with Crippen molar-refractivity contribution in [3.05, 3.63) is 20.9 Å². The first-order valence-electron chi connectivity index (χ1n) is 4.33. The molecule has 1 heterocycles. The summed E-state index contributed by atoms with van der Waals surface area (Å²) in [4.78, 5) is 3.81. The summed E-state index contributed by atoms with van der Waals surface area (Å²) in [7, 11) is -3.58. The van der Waals surface area contributed by atoms with E-state index in [1.165, 1.54) is 6.20 Å². The van der Waals surface area contributed by atoms with E-state index in [0.29, 0.717) is 3.57 Å². The van der Waals surface area contributed by atoms with E-state index in [-0.39, 0.29) is 23.0 Å². The molecule has 4 nitrogen and oxygen atoms in total. The SMILES string of the molecule is O=S(=O)(CCCF)Nc1nccc(I)c1Cl. The summed E-state index contributed by atoms with van der Waals surface area (Å²) in [5.41, 5.74) is 0. The monoisotopic (exact) mass is 378 g/mol. The number of nitrogens with one attached hydrogen (secondary N) is 1. The molecule has 0 bridgehead atoms. The number of sulfonamides is 1. The summed E-state index contributed by atoms with van der Waals surface area (Å²) in [6.45, 7) is -0.672. The lowest BCUT2D eigenvalue weighted by atomic mass is 10.5. The van der Waals surface area contributed by atoms with Crippen LogP contribution in [0.3, 0.4) is 0 Å². The van der Waals surface area contributed by atoms with E-state index in [0.717, 1.165) is 0 Å². The van der Waals surface area contributed by atoms with E-state index in [1.54, 1.807) is 6.07 Å². The third kappa shape index (κ3) is 4.02. The Morgan fingerprint density at radius 1 is 1.56 bits per heavy atom. The van der Waals surface area contributed by atoms with Gasteiger partial charge in [0.1, 0.15) is 0 Å². The number of pyridine rings is 1. The van der Waals surface area contributed by atoms with Gasteiger partial charge < -0.3 is 0 Å². The molecule has 0 aliphatic rings.